The average molecular weight is 286 g/mol. The zero-order valence-electron chi connectivity index (χ0n) is 13.3. The van der Waals surface area contributed by atoms with Gasteiger partial charge in [0.1, 0.15) is 5.76 Å². The zero-order valence-corrected chi connectivity index (χ0v) is 13.3. The molecule has 0 aliphatic carbocycles. The van der Waals surface area contributed by atoms with Gasteiger partial charge in [0.05, 0.1) is 12.1 Å². The predicted molar refractivity (Wildman–Crippen MR) is 83.5 cm³/mol. The highest BCUT2D eigenvalue weighted by Crippen LogP contribution is 2.23. The molecule has 0 bridgehead atoms. The van der Waals surface area contributed by atoms with Crippen molar-refractivity contribution in [1.82, 2.24) is 5.16 Å². The molecule has 2 rings (SSSR count). The number of anilines is 1. The summed E-state index contributed by atoms with van der Waals surface area (Å²) in [4.78, 5) is 12.1. The van der Waals surface area contributed by atoms with Crippen LogP contribution in [0.25, 0.3) is 0 Å². The molecule has 1 amide bonds. The minimum absolute atomic E-state index is 0.0621. The van der Waals surface area contributed by atoms with Gasteiger partial charge in [0.15, 0.2) is 0 Å². The molecule has 0 saturated carbocycles. The highest BCUT2D eigenvalue weighted by Gasteiger charge is 2.15. The molecule has 4 nitrogen and oxygen atoms in total. The molecule has 112 valence electrons. The minimum Gasteiger partial charge on any atom is -0.361 e. The van der Waals surface area contributed by atoms with E-state index in [0.717, 1.165) is 16.9 Å². The van der Waals surface area contributed by atoms with Crippen LogP contribution in [0.3, 0.4) is 0 Å². The number of rotatable bonds is 3. The molecule has 21 heavy (non-hydrogen) atoms. The Morgan fingerprint density at radius 2 is 1.81 bits per heavy atom. The van der Waals surface area contributed by atoms with Crippen molar-refractivity contribution in [2.24, 2.45) is 0 Å². The zero-order chi connectivity index (χ0) is 15.6. The fourth-order valence-electron chi connectivity index (χ4n) is 2.17. The molecule has 0 saturated heterocycles. The lowest BCUT2D eigenvalue weighted by molar-refractivity contribution is -0.115. The van der Waals surface area contributed by atoms with Crippen molar-refractivity contribution in [2.45, 2.75) is 46.5 Å². The van der Waals surface area contributed by atoms with Crippen molar-refractivity contribution < 1.29 is 9.32 Å². The lowest BCUT2D eigenvalue weighted by Crippen LogP contribution is -2.16. The van der Waals surface area contributed by atoms with Crippen LogP contribution in [0.2, 0.25) is 0 Å². The highest BCUT2D eigenvalue weighted by atomic mass is 16.5. The van der Waals surface area contributed by atoms with E-state index >= 15 is 0 Å². The Morgan fingerprint density at radius 1 is 1.19 bits per heavy atom. The second-order valence-electron chi connectivity index (χ2n) is 6.36. The Bertz CT molecular complexity index is 614. The summed E-state index contributed by atoms with van der Waals surface area (Å²) >= 11 is 0. The maximum atomic E-state index is 12.1. The Morgan fingerprint density at radius 3 is 2.29 bits per heavy atom. The molecule has 1 aromatic carbocycles. The summed E-state index contributed by atoms with van der Waals surface area (Å²) in [5.74, 6) is 0.638. The quantitative estimate of drug-likeness (QED) is 0.934. The maximum Gasteiger partial charge on any atom is 0.228 e. The second-order valence-corrected chi connectivity index (χ2v) is 6.36. The third-order valence-electron chi connectivity index (χ3n) is 3.55. The van der Waals surface area contributed by atoms with E-state index in [2.05, 4.69) is 31.2 Å². The number of amides is 1. The van der Waals surface area contributed by atoms with Crippen molar-refractivity contribution in [3.8, 4) is 0 Å². The van der Waals surface area contributed by atoms with Crippen LogP contribution in [0.15, 0.2) is 28.8 Å². The van der Waals surface area contributed by atoms with E-state index in [1.54, 1.807) is 0 Å². The van der Waals surface area contributed by atoms with Gasteiger partial charge in [-0.2, -0.15) is 0 Å². The van der Waals surface area contributed by atoms with Crippen LogP contribution in [-0.4, -0.2) is 11.1 Å². The summed E-state index contributed by atoms with van der Waals surface area (Å²) in [6.07, 6.45) is 0.280. The van der Waals surface area contributed by atoms with Gasteiger partial charge in [-0.1, -0.05) is 38.1 Å². The number of hydrogen-bond acceptors (Lipinski definition) is 3. The van der Waals surface area contributed by atoms with Gasteiger partial charge in [-0.15, -0.1) is 0 Å². The molecule has 0 radical (unpaired) electrons. The van der Waals surface area contributed by atoms with E-state index < -0.39 is 0 Å². The van der Waals surface area contributed by atoms with Crippen molar-refractivity contribution in [2.75, 3.05) is 5.32 Å². The van der Waals surface area contributed by atoms with E-state index in [1.807, 2.05) is 38.1 Å². The molecular formula is C17H22N2O2. The van der Waals surface area contributed by atoms with E-state index in [1.165, 1.54) is 5.56 Å². The smallest absolute Gasteiger partial charge is 0.228 e. The standard InChI is InChI=1S/C17H22N2O2/c1-11-15(12(2)21-19-11)10-16(20)18-14-8-6-13(7-9-14)17(3,4)5/h6-9H,10H2,1-5H3,(H,18,20). The fraction of sp³-hybridized carbons (Fsp3) is 0.412. The van der Waals surface area contributed by atoms with Crippen LogP contribution >= 0.6 is 0 Å². The number of hydrogen-bond donors (Lipinski definition) is 1. The number of carbonyl (C=O) groups is 1. The van der Waals surface area contributed by atoms with Gasteiger partial charge in [0.2, 0.25) is 5.91 Å². The molecule has 1 aromatic heterocycles. The molecule has 0 aliphatic rings. The van der Waals surface area contributed by atoms with E-state index in [-0.39, 0.29) is 17.7 Å². The first-order valence-corrected chi connectivity index (χ1v) is 7.09. The first-order chi connectivity index (χ1) is 9.77. The first-order valence-electron chi connectivity index (χ1n) is 7.09. The van der Waals surface area contributed by atoms with Gasteiger partial charge < -0.3 is 9.84 Å². The summed E-state index contributed by atoms with van der Waals surface area (Å²) in [5.41, 5.74) is 3.79. The van der Waals surface area contributed by atoms with Gasteiger partial charge in [0, 0.05) is 11.3 Å². The highest BCUT2D eigenvalue weighted by molar-refractivity contribution is 5.92. The van der Waals surface area contributed by atoms with Crippen LogP contribution in [0.1, 0.15) is 43.4 Å². The van der Waals surface area contributed by atoms with Gasteiger partial charge >= 0.3 is 0 Å². The summed E-state index contributed by atoms with van der Waals surface area (Å²) in [6, 6.07) is 7.97. The molecule has 0 fully saturated rings. The van der Waals surface area contributed by atoms with E-state index in [0.29, 0.717) is 5.76 Å². The number of aryl methyl sites for hydroxylation is 2. The fourth-order valence-corrected chi connectivity index (χ4v) is 2.17. The van der Waals surface area contributed by atoms with Crippen LogP contribution < -0.4 is 5.32 Å². The third-order valence-corrected chi connectivity index (χ3v) is 3.55. The molecule has 0 unspecified atom stereocenters. The lowest BCUT2D eigenvalue weighted by atomic mass is 9.87. The van der Waals surface area contributed by atoms with Crippen molar-refractivity contribution in [3.05, 3.63) is 46.8 Å². The Labute approximate surface area is 125 Å². The lowest BCUT2D eigenvalue weighted by Gasteiger charge is -2.19. The maximum absolute atomic E-state index is 12.1. The summed E-state index contributed by atoms with van der Waals surface area (Å²) in [6.45, 7) is 10.2. The van der Waals surface area contributed by atoms with Gasteiger partial charge in [0.25, 0.3) is 0 Å². The topological polar surface area (TPSA) is 55.1 Å². The Hall–Kier alpha value is -2.10. The normalized spacial score (nSPS) is 11.5. The molecule has 0 spiro atoms. The summed E-state index contributed by atoms with van der Waals surface area (Å²) in [7, 11) is 0. The number of nitrogens with one attached hydrogen (secondary N) is 1. The van der Waals surface area contributed by atoms with Gasteiger partial charge in [-0.05, 0) is 37.0 Å². The average Bonchev–Trinajstić information content (AvgIpc) is 2.70. The largest absolute Gasteiger partial charge is 0.361 e. The number of benzene rings is 1. The summed E-state index contributed by atoms with van der Waals surface area (Å²) < 4.78 is 5.07. The van der Waals surface area contributed by atoms with Gasteiger partial charge in [-0.25, -0.2) is 0 Å². The Kier molecular flexibility index (Phi) is 4.16. The third kappa shape index (κ3) is 3.72. The second kappa shape index (κ2) is 5.72. The molecule has 4 heteroatoms. The SMILES string of the molecule is Cc1noc(C)c1CC(=O)Nc1ccc(C(C)(C)C)cc1. The number of carbonyl (C=O) groups excluding carboxylic acids is 1. The van der Waals surface area contributed by atoms with Crippen LogP contribution in [0, 0.1) is 13.8 Å². The molecule has 1 N–H and O–H groups in total. The number of nitrogens with zero attached hydrogens (tertiary/aromatic N) is 1. The molecule has 2 aromatic rings. The van der Waals surface area contributed by atoms with Crippen molar-refractivity contribution in [3.63, 3.8) is 0 Å². The van der Waals surface area contributed by atoms with E-state index in [9.17, 15) is 4.79 Å². The molecule has 0 atom stereocenters. The van der Waals surface area contributed by atoms with Crippen LogP contribution in [0.4, 0.5) is 5.69 Å². The monoisotopic (exact) mass is 286 g/mol. The molecular weight excluding hydrogens is 264 g/mol. The van der Waals surface area contributed by atoms with Crippen LogP contribution in [0.5, 0.6) is 0 Å². The predicted octanol–water partition coefficient (Wildman–Crippen LogP) is 3.77. The summed E-state index contributed by atoms with van der Waals surface area (Å²) in [5, 5.41) is 6.76. The first kappa shape index (κ1) is 15.3. The minimum atomic E-state index is -0.0621. The molecule has 0 aliphatic heterocycles. The van der Waals surface area contributed by atoms with Crippen LogP contribution in [-0.2, 0) is 16.6 Å². The number of aromatic nitrogens is 1. The van der Waals surface area contributed by atoms with Crippen molar-refractivity contribution >= 4 is 11.6 Å². The van der Waals surface area contributed by atoms with Gasteiger partial charge in [-0.3, -0.25) is 4.79 Å². The van der Waals surface area contributed by atoms with E-state index in [4.69, 9.17) is 4.52 Å². The van der Waals surface area contributed by atoms with Crippen molar-refractivity contribution in [1.29, 1.82) is 0 Å². The Balaban J connectivity index is 2.03. The molecule has 1 heterocycles.